The summed E-state index contributed by atoms with van der Waals surface area (Å²) in [6.45, 7) is 16.5. The number of hydrogen-bond acceptors (Lipinski definition) is 0. The lowest BCUT2D eigenvalue weighted by atomic mass is 9.61. The third-order valence-corrected chi connectivity index (χ3v) is 8.79. The Morgan fingerprint density at radius 1 is 1.00 bits per heavy atom. The van der Waals surface area contributed by atoms with E-state index in [0.29, 0.717) is 11.3 Å². The van der Waals surface area contributed by atoms with Crippen LogP contribution < -0.4 is 0 Å². The molecular formula is C29H46. The fourth-order valence-electron chi connectivity index (χ4n) is 6.83. The van der Waals surface area contributed by atoms with Gasteiger partial charge in [0.1, 0.15) is 0 Å². The minimum Gasteiger partial charge on any atom is -0.0956 e. The van der Waals surface area contributed by atoms with E-state index in [9.17, 15) is 0 Å². The van der Waals surface area contributed by atoms with E-state index < -0.39 is 0 Å². The van der Waals surface area contributed by atoms with Crippen molar-refractivity contribution in [2.75, 3.05) is 0 Å². The highest BCUT2D eigenvalue weighted by Crippen LogP contribution is 2.59. The fourth-order valence-corrected chi connectivity index (χ4v) is 6.83. The van der Waals surface area contributed by atoms with Gasteiger partial charge in [-0.25, -0.2) is 0 Å². The smallest absolute Gasteiger partial charge is 0.0143 e. The summed E-state index contributed by atoms with van der Waals surface area (Å²) in [6, 6.07) is 0. The predicted octanol–water partition coefficient (Wildman–Crippen LogP) is 9.06. The first-order valence-electron chi connectivity index (χ1n) is 12.6. The molecule has 162 valence electrons. The molecule has 0 heterocycles. The van der Waals surface area contributed by atoms with Crippen LogP contribution in [0.5, 0.6) is 0 Å². The van der Waals surface area contributed by atoms with Crippen LogP contribution in [0.3, 0.4) is 0 Å². The van der Waals surface area contributed by atoms with Gasteiger partial charge in [-0.2, -0.15) is 0 Å². The average molecular weight is 395 g/mol. The van der Waals surface area contributed by atoms with Crippen LogP contribution in [0.2, 0.25) is 0 Å². The summed E-state index contributed by atoms with van der Waals surface area (Å²) in [5, 5.41) is 0. The highest BCUT2D eigenvalue weighted by Gasteiger charge is 2.50. The van der Waals surface area contributed by atoms with Crippen LogP contribution in [0.4, 0.5) is 0 Å². The van der Waals surface area contributed by atoms with E-state index in [2.05, 4.69) is 65.5 Å². The monoisotopic (exact) mass is 394 g/mol. The Labute approximate surface area is 181 Å². The third-order valence-electron chi connectivity index (χ3n) is 8.79. The second kappa shape index (κ2) is 9.84. The largest absolute Gasteiger partial charge is 0.0956 e. The maximum Gasteiger partial charge on any atom is -0.0143 e. The van der Waals surface area contributed by atoms with Crippen LogP contribution in [0.1, 0.15) is 98.8 Å². The topological polar surface area (TPSA) is 0 Å². The maximum atomic E-state index is 4.32. The lowest BCUT2D eigenvalue weighted by Gasteiger charge is -2.44. The van der Waals surface area contributed by atoms with Gasteiger partial charge < -0.3 is 0 Å². The fraction of sp³-hybridized carbons (Fsp3) is 0.724. The van der Waals surface area contributed by atoms with Crippen LogP contribution >= 0.6 is 0 Å². The Kier molecular flexibility index (Phi) is 7.69. The normalized spacial score (nSPS) is 35.6. The summed E-state index contributed by atoms with van der Waals surface area (Å²) in [7, 11) is 0. The van der Waals surface area contributed by atoms with Gasteiger partial charge in [-0.15, -0.1) is 0 Å². The zero-order valence-electron chi connectivity index (χ0n) is 20.0. The quantitative estimate of drug-likeness (QED) is 0.394. The molecule has 0 aromatic rings. The SMILES string of the molecule is C=C1CCCC/C1=C\C=C1/CCC[C@@]2(C)C1CC[C@@H]2[C@H](C)/C=C/[C@@H](CC)C(C)C. The van der Waals surface area contributed by atoms with Crippen molar-refractivity contribution in [3.05, 3.63) is 47.6 Å². The molecule has 3 rings (SSSR count). The zero-order valence-corrected chi connectivity index (χ0v) is 20.0. The molecule has 0 radical (unpaired) electrons. The summed E-state index contributed by atoms with van der Waals surface area (Å²) in [4.78, 5) is 0. The van der Waals surface area contributed by atoms with Crippen LogP contribution in [0.25, 0.3) is 0 Å². The van der Waals surface area contributed by atoms with Crippen molar-refractivity contribution in [3.63, 3.8) is 0 Å². The molecule has 0 aromatic carbocycles. The molecule has 0 amide bonds. The highest BCUT2D eigenvalue weighted by atomic mass is 14.5. The molecule has 3 saturated carbocycles. The Morgan fingerprint density at radius 2 is 1.76 bits per heavy atom. The van der Waals surface area contributed by atoms with Crippen molar-refractivity contribution in [3.8, 4) is 0 Å². The molecule has 0 aromatic heterocycles. The number of fused-ring (bicyclic) bond motifs is 1. The lowest BCUT2D eigenvalue weighted by molar-refractivity contribution is 0.112. The average Bonchev–Trinajstić information content (AvgIpc) is 3.05. The van der Waals surface area contributed by atoms with Crippen molar-refractivity contribution in [2.45, 2.75) is 98.8 Å². The molecule has 0 nitrogen and oxygen atoms in total. The molecule has 0 heteroatoms. The van der Waals surface area contributed by atoms with Gasteiger partial charge in [0.05, 0.1) is 0 Å². The molecule has 3 aliphatic rings. The predicted molar refractivity (Wildman–Crippen MR) is 129 cm³/mol. The van der Waals surface area contributed by atoms with Crippen molar-refractivity contribution in [1.82, 2.24) is 0 Å². The summed E-state index contributed by atoms with van der Waals surface area (Å²) in [5.74, 6) is 3.84. The van der Waals surface area contributed by atoms with E-state index >= 15 is 0 Å². The Hall–Kier alpha value is -1.04. The first kappa shape index (κ1) is 22.6. The third kappa shape index (κ3) is 5.00. The van der Waals surface area contributed by atoms with E-state index in [0.717, 1.165) is 23.7 Å². The Balaban J connectivity index is 1.74. The van der Waals surface area contributed by atoms with Gasteiger partial charge in [-0.1, -0.05) is 76.6 Å². The van der Waals surface area contributed by atoms with Gasteiger partial charge in [0.25, 0.3) is 0 Å². The van der Waals surface area contributed by atoms with Gasteiger partial charge in [-0.3, -0.25) is 0 Å². The van der Waals surface area contributed by atoms with Gasteiger partial charge in [-0.05, 0) is 105 Å². The maximum absolute atomic E-state index is 4.32. The summed E-state index contributed by atoms with van der Waals surface area (Å²) < 4.78 is 0. The molecule has 1 unspecified atom stereocenters. The second-order valence-electron chi connectivity index (χ2n) is 10.9. The number of hydrogen-bond donors (Lipinski definition) is 0. The van der Waals surface area contributed by atoms with E-state index in [-0.39, 0.29) is 0 Å². The number of allylic oxidation sites excluding steroid dienone is 7. The van der Waals surface area contributed by atoms with Crippen molar-refractivity contribution in [2.24, 2.45) is 35.0 Å². The molecule has 3 aliphatic carbocycles. The Bertz CT molecular complexity index is 658. The first-order valence-corrected chi connectivity index (χ1v) is 12.6. The molecule has 0 saturated heterocycles. The van der Waals surface area contributed by atoms with E-state index in [1.165, 1.54) is 75.4 Å². The van der Waals surface area contributed by atoms with Crippen LogP contribution in [-0.4, -0.2) is 0 Å². The van der Waals surface area contributed by atoms with Gasteiger partial charge in [0.15, 0.2) is 0 Å². The summed E-state index contributed by atoms with van der Waals surface area (Å²) in [6.07, 6.45) is 23.4. The van der Waals surface area contributed by atoms with Gasteiger partial charge >= 0.3 is 0 Å². The van der Waals surface area contributed by atoms with E-state index in [4.69, 9.17) is 0 Å². The standard InChI is InChI=1S/C29H46/c1-7-24(21(2)3)15-14-23(5)27-18-19-28-26(13-10-20-29(27,28)6)17-16-25-12-9-8-11-22(25)4/h14-17,21,23-24,27-28H,4,7-13,18-20H2,1-3,5-6H3/b15-14+,25-16+,26-17+/t23-,24-,27-,28?,29-/m1/s1. The molecule has 0 bridgehead atoms. The van der Waals surface area contributed by atoms with Crippen molar-refractivity contribution >= 4 is 0 Å². The minimum absolute atomic E-state index is 0.495. The minimum atomic E-state index is 0.495. The summed E-state index contributed by atoms with van der Waals surface area (Å²) in [5.41, 5.74) is 5.17. The van der Waals surface area contributed by atoms with Gasteiger partial charge in [0.2, 0.25) is 0 Å². The van der Waals surface area contributed by atoms with Crippen molar-refractivity contribution < 1.29 is 0 Å². The Morgan fingerprint density at radius 3 is 2.45 bits per heavy atom. The molecule has 0 N–H and O–H groups in total. The van der Waals surface area contributed by atoms with Crippen LogP contribution in [0, 0.1) is 35.0 Å². The van der Waals surface area contributed by atoms with Gasteiger partial charge in [0, 0.05) is 0 Å². The summed E-state index contributed by atoms with van der Waals surface area (Å²) >= 11 is 0. The molecule has 29 heavy (non-hydrogen) atoms. The highest BCUT2D eigenvalue weighted by molar-refractivity contribution is 5.35. The first-order chi connectivity index (χ1) is 13.9. The molecule has 3 fully saturated rings. The molecule has 0 spiro atoms. The molecule has 5 atom stereocenters. The zero-order chi connectivity index (χ0) is 21.0. The molecule has 0 aliphatic heterocycles. The van der Waals surface area contributed by atoms with E-state index in [1.807, 2.05) is 0 Å². The lowest BCUT2D eigenvalue weighted by Crippen LogP contribution is -2.35. The number of rotatable bonds is 6. The molecular weight excluding hydrogens is 348 g/mol. The van der Waals surface area contributed by atoms with Crippen LogP contribution in [0.15, 0.2) is 47.6 Å². The van der Waals surface area contributed by atoms with Crippen molar-refractivity contribution in [1.29, 1.82) is 0 Å². The van der Waals surface area contributed by atoms with Crippen LogP contribution in [-0.2, 0) is 0 Å². The second-order valence-corrected chi connectivity index (χ2v) is 10.9. The van der Waals surface area contributed by atoms with E-state index in [1.54, 1.807) is 5.57 Å².